The van der Waals surface area contributed by atoms with Crippen LogP contribution < -0.4 is 19.5 Å². The lowest BCUT2D eigenvalue weighted by molar-refractivity contribution is -0.134. The van der Waals surface area contributed by atoms with Crippen molar-refractivity contribution in [3.05, 3.63) is 66.5 Å². The topological polar surface area (TPSA) is 119 Å². The number of amides is 1. The molecular weight excluding hydrogens is 506 g/mol. The first-order valence-corrected chi connectivity index (χ1v) is 12.7. The highest BCUT2D eigenvalue weighted by atomic mass is 32.1. The molecule has 1 amide bonds. The molecule has 0 spiro atoms. The van der Waals surface area contributed by atoms with Crippen LogP contribution in [0.5, 0.6) is 22.4 Å². The predicted octanol–water partition coefficient (Wildman–Crippen LogP) is 4.63. The zero-order valence-corrected chi connectivity index (χ0v) is 22.0. The highest BCUT2D eigenvalue weighted by Crippen LogP contribution is 2.39. The van der Waals surface area contributed by atoms with E-state index in [9.17, 15) is 9.90 Å². The predicted molar refractivity (Wildman–Crippen MR) is 144 cm³/mol. The van der Waals surface area contributed by atoms with Crippen molar-refractivity contribution >= 4 is 39.7 Å². The van der Waals surface area contributed by atoms with E-state index in [0.717, 1.165) is 0 Å². The molecule has 0 aliphatic carbocycles. The quantitative estimate of drug-likeness (QED) is 0.297. The van der Waals surface area contributed by atoms with Gasteiger partial charge in [0, 0.05) is 34.3 Å². The van der Waals surface area contributed by atoms with Crippen molar-refractivity contribution in [1.29, 1.82) is 0 Å². The molecule has 0 bridgehead atoms. The molecule has 2 aromatic carbocycles. The summed E-state index contributed by atoms with van der Waals surface area (Å²) in [5, 5.41) is 17.3. The number of fused-ring (bicyclic) bond motifs is 1. The molecule has 2 aromatic heterocycles. The van der Waals surface area contributed by atoms with Gasteiger partial charge in [0.15, 0.2) is 11.5 Å². The molecule has 0 atom stereocenters. The minimum atomic E-state index is -1.18. The highest BCUT2D eigenvalue weighted by Gasteiger charge is 2.32. The second kappa shape index (κ2) is 10.3. The van der Waals surface area contributed by atoms with Crippen LogP contribution in [0.3, 0.4) is 0 Å². The lowest BCUT2D eigenvalue weighted by Crippen LogP contribution is -2.55. The van der Waals surface area contributed by atoms with Crippen LogP contribution in [0.4, 0.5) is 11.5 Å². The van der Waals surface area contributed by atoms with Gasteiger partial charge in [-0.2, -0.15) is 0 Å². The molecule has 1 aliphatic rings. The average Bonchev–Trinajstić information content (AvgIpc) is 3.38. The van der Waals surface area contributed by atoms with Crippen molar-refractivity contribution in [2.75, 3.05) is 25.5 Å². The number of nitrogens with zero attached hydrogens (tertiary/aromatic N) is 4. The van der Waals surface area contributed by atoms with E-state index in [4.69, 9.17) is 14.2 Å². The Kier molecular flexibility index (Phi) is 6.87. The Hall–Kier alpha value is -4.22. The number of carbonyl (C=O) groups is 1. The first-order chi connectivity index (χ1) is 18.2. The smallest absolute Gasteiger partial charge is 0.278 e. The Balaban J connectivity index is 1.46. The number of likely N-dealkylation sites (tertiary alicyclic amines) is 1. The van der Waals surface area contributed by atoms with Crippen LogP contribution >= 0.6 is 11.3 Å². The lowest BCUT2D eigenvalue weighted by Gasteiger charge is -2.38. The monoisotopic (exact) mass is 533 g/mol. The van der Waals surface area contributed by atoms with Gasteiger partial charge in [0.25, 0.3) is 5.19 Å². The summed E-state index contributed by atoms with van der Waals surface area (Å²) in [7, 11) is 1.56. The molecule has 11 heteroatoms. The van der Waals surface area contributed by atoms with E-state index in [0.29, 0.717) is 63.5 Å². The lowest BCUT2D eigenvalue weighted by atomic mass is 9.96. The normalized spacial score (nSPS) is 13.6. The number of thiazole rings is 1. The van der Waals surface area contributed by atoms with Crippen LogP contribution in [0.25, 0.3) is 10.9 Å². The van der Waals surface area contributed by atoms with Gasteiger partial charge in [-0.1, -0.05) is 17.9 Å². The molecule has 2 N–H and O–H groups in total. The summed E-state index contributed by atoms with van der Waals surface area (Å²) in [5.74, 6) is 2.00. The number of benzene rings is 2. The SMILES string of the molecule is C=CC(=O)N1CC(Oc2cc3c(Nc4ccc(Oc5nccs5)cc4C(C)(C)O)ncnc3cc2OC)C1. The fraction of sp³-hybridized carbons (Fsp3) is 0.259. The number of nitrogens with one attached hydrogen (secondary N) is 1. The van der Waals surface area contributed by atoms with Crippen LogP contribution in [0, 0.1) is 0 Å². The number of hydrogen-bond donors (Lipinski definition) is 2. The fourth-order valence-electron chi connectivity index (χ4n) is 4.11. The molecule has 1 saturated heterocycles. The van der Waals surface area contributed by atoms with E-state index >= 15 is 0 Å². The van der Waals surface area contributed by atoms with Crippen LogP contribution in [0.1, 0.15) is 19.4 Å². The molecule has 1 aliphatic heterocycles. The fourth-order valence-corrected chi connectivity index (χ4v) is 4.61. The third-order valence-electron chi connectivity index (χ3n) is 6.07. The van der Waals surface area contributed by atoms with E-state index in [1.165, 1.54) is 23.7 Å². The van der Waals surface area contributed by atoms with Gasteiger partial charge in [0.05, 0.1) is 31.3 Å². The van der Waals surface area contributed by atoms with E-state index in [1.807, 2.05) is 17.5 Å². The summed E-state index contributed by atoms with van der Waals surface area (Å²) < 4.78 is 17.5. The van der Waals surface area contributed by atoms with Gasteiger partial charge in [0.2, 0.25) is 5.91 Å². The first kappa shape index (κ1) is 25.4. The molecule has 10 nitrogen and oxygen atoms in total. The van der Waals surface area contributed by atoms with Crippen molar-refractivity contribution in [1.82, 2.24) is 19.9 Å². The Morgan fingerprint density at radius 1 is 1.21 bits per heavy atom. The average molecular weight is 534 g/mol. The number of methoxy groups -OCH3 is 1. The summed E-state index contributed by atoms with van der Waals surface area (Å²) in [6.07, 6.45) is 4.25. The highest BCUT2D eigenvalue weighted by molar-refractivity contribution is 7.11. The minimum absolute atomic E-state index is 0.124. The van der Waals surface area contributed by atoms with Gasteiger partial charge >= 0.3 is 0 Å². The van der Waals surface area contributed by atoms with Crippen molar-refractivity contribution in [3.63, 3.8) is 0 Å². The number of anilines is 2. The van der Waals surface area contributed by atoms with Crippen molar-refractivity contribution in [2.45, 2.75) is 25.6 Å². The standard InChI is InChI=1S/C27H27N5O5S/c1-5-24(33)32-13-17(14-32)36-23-11-18-21(12-22(23)35-4)29-15-30-25(18)31-20-7-6-16(10-19(20)27(2,3)34)37-26-28-8-9-38-26/h5-12,15,17,34H,1,13-14H2,2-4H3,(H,29,30,31). The largest absolute Gasteiger partial charge is 0.493 e. The summed E-state index contributed by atoms with van der Waals surface area (Å²) >= 11 is 1.38. The van der Waals surface area contributed by atoms with Crippen LogP contribution in [0.2, 0.25) is 0 Å². The Bertz CT molecular complexity index is 1480. The molecule has 4 aromatic rings. The van der Waals surface area contributed by atoms with Crippen LogP contribution in [-0.2, 0) is 10.4 Å². The Morgan fingerprint density at radius 2 is 2.03 bits per heavy atom. The maximum atomic E-state index is 11.8. The summed E-state index contributed by atoms with van der Waals surface area (Å²) in [6.45, 7) is 7.86. The molecule has 0 radical (unpaired) electrons. The minimum Gasteiger partial charge on any atom is -0.493 e. The molecule has 38 heavy (non-hydrogen) atoms. The number of carbonyl (C=O) groups excluding carboxylic acids is 1. The third kappa shape index (κ3) is 5.24. The summed E-state index contributed by atoms with van der Waals surface area (Å²) in [5.41, 5.74) is 0.742. The molecule has 1 fully saturated rings. The van der Waals surface area contributed by atoms with Crippen molar-refractivity contribution in [3.8, 4) is 22.4 Å². The van der Waals surface area contributed by atoms with Gasteiger partial charge in [-0.05, 0) is 44.2 Å². The van der Waals surface area contributed by atoms with Crippen LogP contribution in [0.15, 0.2) is 60.9 Å². The molecule has 0 saturated carbocycles. The number of hydrogen-bond acceptors (Lipinski definition) is 10. The third-order valence-corrected chi connectivity index (χ3v) is 6.71. The van der Waals surface area contributed by atoms with Crippen LogP contribution in [-0.4, -0.2) is 57.2 Å². The number of ether oxygens (including phenoxy) is 3. The molecule has 3 heterocycles. The van der Waals surface area contributed by atoms with Gasteiger partial charge in [0.1, 0.15) is 24.0 Å². The van der Waals surface area contributed by atoms with Gasteiger partial charge in [-0.3, -0.25) is 4.79 Å². The second-order valence-electron chi connectivity index (χ2n) is 9.22. The van der Waals surface area contributed by atoms with Crippen molar-refractivity contribution in [2.24, 2.45) is 0 Å². The first-order valence-electron chi connectivity index (χ1n) is 11.9. The second-order valence-corrected chi connectivity index (χ2v) is 10.1. The zero-order chi connectivity index (χ0) is 26.9. The molecular formula is C27H27N5O5S. The number of aliphatic hydroxyl groups is 1. The molecule has 196 valence electrons. The molecule has 5 rings (SSSR count). The number of aromatic nitrogens is 3. The Morgan fingerprint density at radius 3 is 2.71 bits per heavy atom. The summed E-state index contributed by atoms with van der Waals surface area (Å²) in [4.78, 5) is 26.4. The van der Waals surface area contributed by atoms with E-state index < -0.39 is 5.60 Å². The maximum Gasteiger partial charge on any atom is 0.278 e. The van der Waals surface area contributed by atoms with E-state index in [1.54, 1.807) is 50.3 Å². The van der Waals surface area contributed by atoms with Gasteiger partial charge < -0.3 is 29.5 Å². The Labute approximate surface area is 223 Å². The van der Waals surface area contributed by atoms with Gasteiger partial charge in [-0.15, -0.1) is 0 Å². The maximum absolute atomic E-state index is 11.8. The molecule has 0 unspecified atom stereocenters. The summed E-state index contributed by atoms with van der Waals surface area (Å²) in [6, 6.07) is 9.00. The zero-order valence-electron chi connectivity index (χ0n) is 21.2. The van der Waals surface area contributed by atoms with E-state index in [-0.39, 0.29) is 12.0 Å². The van der Waals surface area contributed by atoms with Gasteiger partial charge in [-0.25, -0.2) is 15.0 Å². The number of rotatable bonds is 9. The van der Waals surface area contributed by atoms with E-state index in [2.05, 4.69) is 26.8 Å². The van der Waals surface area contributed by atoms with Crippen molar-refractivity contribution < 1.29 is 24.1 Å².